The minimum absolute atomic E-state index is 0.00722. The predicted molar refractivity (Wildman–Crippen MR) is 108 cm³/mol. The van der Waals surface area contributed by atoms with Crippen LogP contribution in [0, 0.1) is 23.6 Å². The molecule has 4 atom stereocenters. The molecule has 2 aromatic rings. The third-order valence-corrected chi connectivity index (χ3v) is 6.61. The molecule has 0 spiro atoms. The van der Waals surface area contributed by atoms with Gasteiger partial charge in [-0.3, -0.25) is 4.79 Å². The van der Waals surface area contributed by atoms with Crippen LogP contribution in [0.25, 0.3) is 10.9 Å². The molecule has 0 aromatic carbocycles. The average Bonchev–Trinajstić information content (AvgIpc) is 3.44. The van der Waals surface area contributed by atoms with Gasteiger partial charge in [0.1, 0.15) is 0 Å². The van der Waals surface area contributed by atoms with Crippen molar-refractivity contribution >= 4 is 22.9 Å². The average molecular weight is 414 g/mol. The maximum atomic E-state index is 15.7. The second-order valence-electron chi connectivity index (χ2n) is 8.54. The Hall–Kier alpha value is -2.94. The van der Waals surface area contributed by atoms with E-state index in [9.17, 15) is 9.59 Å². The highest BCUT2D eigenvalue weighted by atomic mass is 19.1. The molecule has 0 unspecified atom stereocenters. The van der Waals surface area contributed by atoms with E-state index in [4.69, 9.17) is 10.8 Å². The molecule has 8 nitrogen and oxygen atoms in total. The van der Waals surface area contributed by atoms with Crippen LogP contribution in [0.15, 0.2) is 29.3 Å². The molecule has 9 heteroatoms. The Kier molecular flexibility index (Phi) is 4.32. The van der Waals surface area contributed by atoms with Crippen molar-refractivity contribution in [2.45, 2.75) is 31.8 Å². The van der Waals surface area contributed by atoms with E-state index in [0.29, 0.717) is 24.9 Å². The number of fused-ring (bicyclic) bond motifs is 2. The molecule has 3 aliphatic rings. The molecule has 158 valence electrons. The number of hydrogen-bond donors (Lipinski definition) is 2. The van der Waals surface area contributed by atoms with Gasteiger partial charge in [-0.25, -0.2) is 14.2 Å². The molecule has 1 saturated heterocycles. The lowest BCUT2D eigenvalue weighted by atomic mass is 9.77. The van der Waals surface area contributed by atoms with Gasteiger partial charge in [-0.2, -0.15) is 0 Å². The second kappa shape index (κ2) is 6.80. The molecule has 0 amide bonds. The lowest BCUT2D eigenvalue weighted by molar-refractivity contribution is 0.143. The zero-order valence-electron chi connectivity index (χ0n) is 16.5. The van der Waals surface area contributed by atoms with Crippen LogP contribution in [0.3, 0.4) is 0 Å². The van der Waals surface area contributed by atoms with Crippen molar-refractivity contribution < 1.29 is 19.0 Å². The fraction of sp³-hybridized carbons (Fsp3) is 0.476. The second-order valence-corrected chi connectivity index (χ2v) is 8.54. The zero-order chi connectivity index (χ0) is 21.2. The lowest BCUT2D eigenvalue weighted by Gasteiger charge is -2.30. The Bertz CT molecular complexity index is 1110. The number of halogens is 1. The van der Waals surface area contributed by atoms with Gasteiger partial charge in [0.2, 0.25) is 5.43 Å². The van der Waals surface area contributed by atoms with Gasteiger partial charge in [0.15, 0.2) is 17.4 Å². The molecule has 30 heavy (non-hydrogen) atoms. The predicted octanol–water partition coefficient (Wildman–Crippen LogP) is 2.51. The number of nitrogens with two attached hydrogens (primary N) is 1. The van der Waals surface area contributed by atoms with Gasteiger partial charge in [-0.15, -0.1) is 0 Å². The van der Waals surface area contributed by atoms with E-state index in [0.717, 1.165) is 12.8 Å². The summed E-state index contributed by atoms with van der Waals surface area (Å²) < 4.78 is 22.0. The van der Waals surface area contributed by atoms with Crippen molar-refractivity contribution in [2.75, 3.05) is 18.0 Å². The zero-order valence-corrected chi connectivity index (χ0v) is 16.5. The van der Waals surface area contributed by atoms with Crippen LogP contribution in [0.4, 0.5) is 15.0 Å². The number of carbonyl (C=O) groups is 1. The monoisotopic (exact) mass is 414 g/mol. The Balaban J connectivity index is 1.60. The molecule has 3 N–H and O–H groups in total. The molecule has 2 aromatic heterocycles. The molecule has 2 aliphatic carbocycles. The number of ether oxygens (including phenoxy) is 1. The topological polar surface area (TPSA) is 111 Å². The van der Waals surface area contributed by atoms with Crippen LogP contribution in [0.5, 0.6) is 5.75 Å². The molecular weight excluding hydrogens is 391 g/mol. The highest BCUT2D eigenvalue weighted by Gasteiger charge is 2.41. The van der Waals surface area contributed by atoms with E-state index in [1.807, 2.05) is 11.0 Å². The number of carboxylic acid groups (broad SMARTS) is 1. The number of allylic oxidation sites excluding steroid dienone is 1. The van der Waals surface area contributed by atoms with Crippen LogP contribution in [0.1, 0.15) is 25.8 Å². The van der Waals surface area contributed by atoms with Crippen molar-refractivity contribution in [1.82, 2.24) is 9.55 Å². The summed E-state index contributed by atoms with van der Waals surface area (Å²) >= 11 is 0. The van der Waals surface area contributed by atoms with E-state index in [-0.39, 0.29) is 40.5 Å². The molecule has 0 radical (unpaired) electrons. The minimum atomic E-state index is -1.59. The SMILES string of the molecule is C[C@H]1C=C[C@@H](N)[C@H]2CN(c3ncc4c(=O)c(OC(=O)O)cn(C5CC5)c4c3F)C[C@H]21. The third kappa shape index (κ3) is 2.96. The van der Waals surface area contributed by atoms with E-state index in [1.165, 1.54) is 12.4 Å². The Morgan fingerprint density at radius 3 is 2.70 bits per heavy atom. The van der Waals surface area contributed by atoms with Crippen LogP contribution >= 0.6 is 0 Å². The molecule has 2 fully saturated rings. The first-order chi connectivity index (χ1) is 14.3. The summed E-state index contributed by atoms with van der Waals surface area (Å²) in [6.07, 6.45) is 6.84. The van der Waals surface area contributed by atoms with Crippen molar-refractivity contribution in [1.29, 1.82) is 0 Å². The summed E-state index contributed by atoms with van der Waals surface area (Å²) in [5, 5.41) is 8.93. The molecule has 1 saturated carbocycles. The first-order valence-corrected chi connectivity index (χ1v) is 10.2. The third-order valence-electron chi connectivity index (χ3n) is 6.61. The summed E-state index contributed by atoms with van der Waals surface area (Å²) in [5.41, 5.74) is 5.73. The summed E-state index contributed by atoms with van der Waals surface area (Å²) in [6, 6.07) is -0.0621. The smallest absolute Gasteiger partial charge is 0.449 e. The Morgan fingerprint density at radius 1 is 1.30 bits per heavy atom. The van der Waals surface area contributed by atoms with E-state index >= 15 is 4.39 Å². The largest absolute Gasteiger partial charge is 0.511 e. The number of aromatic nitrogens is 2. The van der Waals surface area contributed by atoms with Gasteiger partial charge >= 0.3 is 6.16 Å². The lowest BCUT2D eigenvalue weighted by Crippen LogP contribution is -2.38. The summed E-state index contributed by atoms with van der Waals surface area (Å²) in [7, 11) is 0. The molecule has 0 bridgehead atoms. The van der Waals surface area contributed by atoms with Crippen molar-refractivity contribution in [3.05, 3.63) is 40.6 Å². The van der Waals surface area contributed by atoms with Gasteiger partial charge in [0.25, 0.3) is 0 Å². The Labute approximate surface area is 171 Å². The highest BCUT2D eigenvalue weighted by molar-refractivity contribution is 5.83. The highest BCUT2D eigenvalue weighted by Crippen LogP contribution is 2.41. The first kappa shape index (κ1) is 19.0. The minimum Gasteiger partial charge on any atom is -0.449 e. The van der Waals surface area contributed by atoms with Gasteiger partial charge in [0, 0.05) is 37.3 Å². The van der Waals surface area contributed by atoms with Crippen LogP contribution < -0.4 is 20.8 Å². The van der Waals surface area contributed by atoms with Crippen LogP contribution in [-0.2, 0) is 0 Å². The van der Waals surface area contributed by atoms with E-state index in [1.54, 1.807) is 4.57 Å². The number of nitrogens with zero attached hydrogens (tertiary/aromatic N) is 3. The number of pyridine rings is 2. The maximum Gasteiger partial charge on any atom is 0.511 e. The summed E-state index contributed by atoms with van der Waals surface area (Å²) in [5.74, 6) is 0.193. The van der Waals surface area contributed by atoms with Crippen LogP contribution in [0.2, 0.25) is 0 Å². The summed E-state index contributed by atoms with van der Waals surface area (Å²) in [4.78, 5) is 29.8. The van der Waals surface area contributed by atoms with E-state index in [2.05, 4.69) is 22.7 Å². The molecule has 1 aliphatic heterocycles. The number of anilines is 1. The normalized spacial score (nSPS) is 28.0. The number of rotatable bonds is 3. The molecule has 5 rings (SSSR count). The standard InChI is InChI=1S/C21H23FN4O4/c1-10-2-5-15(23)14-8-25(7-13(10)14)20-17(22)18-12(6-24-20)19(27)16(30-21(28)29)9-26(18)11-3-4-11/h2,5-6,9-11,13-15H,3-4,7-8,23H2,1H3,(H,28,29)/t10-,13-,14-,15+/m0/s1. The number of hydrogen-bond acceptors (Lipinski definition) is 6. The van der Waals surface area contributed by atoms with Crippen molar-refractivity contribution in [3.63, 3.8) is 0 Å². The van der Waals surface area contributed by atoms with Gasteiger partial charge < -0.3 is 25.0 Å². The van der Waals surface area contributed by atoms with Gasteiger partial charge in [0.05, 0.1) is 17.1 Å². The molecular formula is C21H23FN4O4. The van der Waals surface area contributed by atoms with Crippen molar-refractivity contribution in [3.8, 4) is 5.75 Å². The fourth-order valence-electron chi connectivity index (χ4n) is 4.88. The van der Waals surface area contributed by atoms with Crippen LogP contribution in [-0.4, -0.2) is 39.9 Å². The van der Waals surface area contributed by atoms with Gasteiger partial charge in [-0.1, -0.05) is 19.1 Å². The molecule has 3 heterocycles. The van der Waals surface area contributed by atoms with Crippen molar-refractivity contribution in [2.24, 2.45) is 23.5 Å². The summed E-state index contributed by atoms with van der Waals surface area (Å²) in [6.45, 7) is 3.39. The first-order valence-electron chi connectivity index (χ1n) is 10.2. The Morgan fingerprint density at radius 2 is 2.03 bits per heavy atom. The maximum absolute atomic E-state index is 15.7. The van der Waals surface area contributed by atoms with E-state index < -0.39 is 17.4 Å². The van der Waals surface area contributed by atoms with Gasteiger partial charge in [-0.05, 0) is 24.7 Å². The fourth-order valence-corrected chi connectivity index (χ4v) is 4.88. The quantitative estimate of drug-likeness (QED) is 0.586.